The molecule has 1 aromatic rings. The van der Waals surface area contributed by atoms with Crippen LogP contribution in [0.2, 0.25) is 0 Å². The Morgan fingerprint density at radius 2 is 1.96 bits per heavy atom. The molecule has 0 saturated carbocycles. The second-order valence-corrected chi connectivity index (χ2v) is 7.03. The Morgan fingerprint density at radius 3 is 2.62 bits per heavy atom. The van der Waals surface area contributed by atoms with Crippen molar-refractivity contribution in [3.8, 4) is 0 Å². The summed E-state index contributed by atoms with van der Waals surface area (Å²) in [5, 5.41) is 3.48. The van der Waals surface area contributed by atoms with Crippen LogP contribution in [0.1, 0.15) is 31.2 Å². The zero-order valence-electron chi connectivity index (χ0n) is 14.8. The molecule has 1 aliphatic rings. The van der Waals surface area contributed by atoms with Crippen LogP contribution in [-0.4, -0.2) is 56.0 Å². The van der Waals surface area contributed by atoms with Crippen molar-refractivity contribution < 1.29 is 0 Å². The van der Waals surface area contributed by atoms with Gasteiger partial charge in [-0.1, -0.05) is 34.1 Å². The van der Waals surface area contributed by atoms with E-state index in [1.165, 1.54) is 50.9 Å². The molecule has 1 saturated heterocycles. The van der Waals surface area contributed by atoms with E-state index in [0.717, 1.165) is 23.5 Å². The van der Waals surface area contributed by atoms with Crippen molar-refractivity contribution in [2.75, 3.05) is 40.3 Å². The predicted octanol–water partition coefficient (Wildman–Crippen LogP) is 3.95. The molecule has 4 nitrogen and oxygen atoms in total. The normalized spacial score (nSPS) is 15.2. The minimum absolute atomic E-state index is 0. The van der Waals surface area contributed by atoms with Gasteiger partial charge in [-0.2, -0.15) is 0 Å². The summed E-state index contributed by atoms with van der Waals surface area (Å²) in [6.07, 6.45) is 5.21. The topological polar surface area (TPSA) is 30.9 Å². The van der Waals surface area contributed by atoms with Gasteiger partial charge in [-0.25, -0.2) is 0 Å². The third kappa shape index (κ3) is 7.27. The molecule has 6 heteroatoms. The Bertz CT molecular complexity index is 504. The molecule has 0 atom stereocenters. The molecule has 1 heterocycles. The van der Waals surface area contributed by atoms with Gasteiger partial charge < -0.3 is 15.1 Å². The van der Waals surface area contributed by atoms with Crippen molar-refractivity contribution >= 4 is 45.9 Å². The first-order valence-electron chi connectivity index (χ1n) is 8.58. The van der Waals surface area contributed by atoms with E-state index in [-0.39, 0.29) is 24.0 Å². The fraction of sp³-hybridized carbons (Fsp3) is 0.611. The molecule has 0 bridgehead atoms. The molecule has 2 rings (SSSR count). The number of hydrogen-bond donors (Lipinski definition) is 1. The number of likely N-dealkylation sites (tertiary alicyclic amines) is 1. The third-order valence-corrected chi connectivity index (χ3v) is 5.10. The van der Waals surface area contributed by atoms with Crippen LogP contribution >= 0.6 is 39.9 Å². The van der Waals surface area contributed by atoms with Crippen LogP contribution in [0.5, 0.6) is 0 Å². The molecule has 1 N–H and O–H groups in total. The summed E-state index contributed by atoms with van der Waals surface area (Å²) < 4.78 is 1.15. The molecule has 1 aromatic carbocycles. The van der Waals surface area contributed by atoms with Crippen molar-refractivity contribution in [3.63, 3.8) is 0 Å². The zero-order chi connectivity index (χ0) is 16.5. The SMILES string of the molecule is CN=C(NCCCCN1CCCC1)N(C)Cc1ccccc1Br.I. The van der Waals surface area contributed by atoms with E-state index in [1.54, 1.807) is 0 Å². The minimum atomic E-state index is 0. The molecule has 1 aliphatic heterocycles. The lowest BCUT2D eigenvalue weighted by molar-refractivity contribution is 0.330. The maximum absolute atomic E-state index is 4.39. The molecular formula is C18H30BrIN4. The van der Waals surface area contributed by atoms with E-state index in [4.69, 9.17) is 0 Å². The van der Waals surface area contributed by atoms with E-state index in [9.17, 15) is 0 Å². The van der Waals surface area contributed by atoms with E-state index >= 15 is 0 Å². The standard InChI is InChI=1S/C18H29BrN4.HI/c1-20-18(21-11-5-6-12-23-13-7-8-14-23)22(2)15-16-9-3-4-10-17(16)19;/h3-4,9-10H,5-8,11-15H2,1-2H3,(H,20,21);1H. The Morgan fingerprint density at radius 1 is 1.25 bits per heavy atom. The summed E-state index contributed by atoms with van der Waals surface area (Å²) in [5.41, 5.74) is 1.27. The molecule has 0 amide bonds. The van der Waals surface area contributed by atoms with Crippen molar-refractivity contribution in [3.05, 3.63) is 34.3 Å². The Labute approximate surface area is 172 Å². The maximum atomic E-state index is 4.39. The maximum Gasteiger partial charge on any atom is 0.193 e. The Kier molecular flexibility index (Phi) is 10.9. The van der Waals surface area contributed by atoms with Crippen molar-refractivity contribution in [1.82, 2.24) is 15.1 Å². The number of rotatable bonds is 7. The second kappa shape index (κ2) is 12.1. The quantitative estimate of drug-likeness (QED) is 0.262. The summed E-state index contributed by atoms with van der Waals surface area (Å²) in [7, 11) is 3.93. The summed E-state index contributed by atoms with van der Waals surface area (Å²) >= 11 is 3.61. The fourth-order valence-electron chi connectivity index (χ4n) is 3.01. The largest absolute Gasteiger partial charge is 0.356 e. The molecule has 0 spiro atoms. The van der Waals surface area contributed by atoms with Gasteiger partial charge in [0.25, 0.3) is 0 Å². The predicted molar refractivity (Wildman–Crippen MR) is 117 cm³/mol. The van der Waals surface area contributed by atoms with E-state index in [2.05, 4.69) is 61.3 Å². The highest BCUT2D eigenvalue weighted by Gasteiger charge is 2.11. The zero-order valence-corrected chi connectivity index (χ0v) is 18.7. The van der Waals surface area contributed by atoms with Crippen LogP contribution < -0.4 is 5.32 Å². The van der Waals surface area contributed by atoms with Gasteiger partial charge in [-0.05, 0) is 56.9 Å². The van der Waals surface area contributed by atoms with E-state index < -0.39 is 0 Å². The highest BCUT2D eigenvalue weighted by molar-refractivity contribution is 14.0. The number of halogens is 2. The molecule has 24 heavy (non-hydrogen) atoms. The van der Waals surface area contributed by atoms with Gasteiger partial charge in [0.2, 0.25) is 0 Å². The summed E-state index contributed by atoms with van der Waals surface area (Å²) in [6, 6.07) is 8.34. The Balaban J connectivity index is 0.00000288. The first-order valence-corrected chi connectivity index (χ1v) is 9.37. The average Bonchev–Trinajstić information content (AvgIpc) is 3.06. The molecule has 0 unspecified atom stereocenters. The van der Waals surface area contributed by atoms with E-state index in [1.807, 2.05) is 13.1 Å². The van der Waals surface area contributed by atoms with Gasteiger partial charge in [0.15, 0.2) is 5.96 Å². The molecule has 136 valence electrons. The summed E-state index contributed by atoms with van der Waals surface area (Å²) in [5.74, 6) is 0.960. The Hall–Kier alpha value is -0.340. The lowest BCUT2D eigenvalue weighted by Crippen LogP contribution is -2.39. The van der Waals surface area contributed by atoms with Crippen molar-refractivity contribution in [1.29, 1.82) is 0 Å². The van der Waals surface area contributed by atoms with Crippen molar-refractivity contribution in [2.24, 2.45) is 4.99 Å². The lowest BCUT2D eigenvalue weighted by atomic mass is 10.2. The monoisotopic (exact) mass is 508 g/mol. The van der Waals surface area contributed by atoms with Crippen molar-refractivity contribution in [2.45, 2.75) is 32.2 Å². The molecule has 0 aliphatic carbocycles. The number of unbranched alkanes of at least 4 members (excludes halogenated alkanes) is 1. The molecular weight excluding hydrogens is 479 g/mol. The van der Waals surface area contributed by atoms with Crippen LogP contribution in [0.25, 0.3) is 0 Å². The average molecular weight is 509 g/mol. The smallest absolute Gasteiger partial charge is 0.193 e. The number of nitrogens with one attached hydrogen (secondary N) is 1. The van der Waals surface area contributed by atoms with Crippen LogP contribution in [0.3, 0.4) is 0 Å². The summed E-state index contributed by atoms with van der Waals surface area (Å²) in [4.78, 5) is 9.14. The van der Waals surface area contributed by atoms with Crippen LogP contribution in [0, 0.1) is 0 Å². The number of aliphatic imine (C=N–C) groups is 1. The lowest BCUT2D eigenvalue weighted by Gasteiger charge is -2.23. The van der Waals surface area contributed by atoms with Gasteiger partial charge in [-0.3, -0.25) is 4.99 Å². The van der Waals surface area contributed by atoms with E-state index in [0.29, 0.717) is 0 Å². The fourth-order valence-corrected chi connectivity index (χ4v) is 3.42. The van der Waals surface area contributed by atoms with Gasteiger partial charge in [-0.15, -0.1) is 24.0 Å². The van der Waals surface area contributed by atoms with Crippen LogP contribution in [-0.2, 0) is 6.54 Å². The van der Waals surface area contributed by atoms with Crippen LogP contribution in [0.15, 0.2) is 33.7 Å². The van der Waals surface area contributed by atoms with Gasteiger partial charge in [0, 0.05) is 31.7 Å². The number of nitrogens with zero attached hydrogens (tertiary/aromatic N) is 3. The first-order chi connectivity index (χ1) is 11.2. The van der Waals surface area contributed by atoms with Crippen LogP contribution in [0.4, 0.5) is 0 Å². The summed E-state index contributed by atoms with van der Waals surface area (Å²) in [6.45, 7) is 5.66. The van der Waals surface area contributed by atoms with Gasteiger partial charge in [0.05, 0.1) is 0 Å². The minimum Gasteiger partial charge on any atom is -0.356 e. The van der Waals surface area contributed by atoms with Gasteiger partial charge >= 0.3 is 0 Å². The number of hydrogen-bond acceptors (Lipinski definition) is 2. The number of guanidine groups is 1. The van der Waals surface area contributed by atoms with Gasteiger partial charge in [0.1, 0.15) is 0 Å². The first kappa shape index (κ1) is 21.7. The second-order valence-electron chi connectivity index (χ2n) is 6.18. The molecule has 0 radical (unpaired) electrons. The highest BCUT2D eigenvalue weighted by atomic mass is 127. The highest BCUT2D eigenvalue weighted by Crippen LogP contribution is 2.17. The molecule has 0 aromatic heterocycles. The number of benzene rings is 1. The third-order valence-electron chi connectivity index (χ3n) is 4.32. The molecule has 1 fully saturated rings.